The highest BCUT2D eigenvalue weighted by atomic mass is 16.2. The minimum atomic E-state index is -0.0799. The number of carbonyl (C=O) groups is 1. The standard InChI is InChI=1S/C17H18N6O/c1-22(10-14-5-3-2-4-6-14)11-17(24)21-15-7-8-16(19-9-15)23-13-18-12-20-23/h2-9,12-13H,10-11H2,1H3,(H,21,24). The van der Waals surface area contributed by atoms with E-state index in [-0.39, 0.29) is 5.91 Å². The zero-order valence-corrected chi connectivity index (χ0v) is 13.3. The maximum absolute atomic E-state index is 12.1. The summed E-state index contributed by atoms with van der Waals surface area (Å²) in [6, 6.07) is 13.6. The number of carbonyl (C=O) groups excluding carboxylic acids is 1. The fourth-order valence-corrected chi connectivity index (χ4v) is 2.32. The molecule has 0 atom stereocenters. The van der Waals surface area contributed by atoms with Crippen LogP contribution in [0.5, 0.6) is 0 Å². The van der Waals surface area contributed by atoms with E-state index in [1.807, 2.05) is 42.3 Å². The predicted molar refractivity (Wildman–Crippen MR) is 90.6 cm³/mol. The summed E-state index contributed by atoms with van der Waals surface area (Å²) in [6.07, 6.45) is 4.62. The molecule has 1 amide bonds. The quantitative estimate of drug-likeness (QED) is 0.748. The van der Waals surface area contributed by atoms with E-state index >= 15 is 0 Å². The van der Waals surface area contributed by atoms with Crippen molar-refractivity contribution in [3.63, 3.8) is 0 Å². The normalized spacial score (nSPS) is 10.8. The Morgan fingerprint density at radius 2 is 2.04 bits per heavy atom. The molecule has 0 aliphatic carbocycles. The highest BCUT2D eigenvalue weighted by Crippen LogP contribution is 2.09. The van der Waals surface area contributed by atoms with Gasteiger partial charge in [0.15, 0.2) is 5.82 Å². The van der Waals surface area contributed by atoms with Gasteiger partial charge in [0.1, 0.15) is 12.7 Å². The first-order chi connectivity index (χ1) is 11.7. The van der Waals surface area contributed by atoms with Crippen LogP contribution in [0, 0.1) is 0 Å². The molecule has 7 heteroatoms. The number of benzene rings is 1. The van der Waals surface area contributed by atoms with E-state index in [2.05, 4.69) is 20.4 Å². The van der Waals surface area contributed by atoms with E-state index < -0.39 is 0 Å². The van der Waals surface area contributed by atoms with E-state index in [1.54, 1.807) is 29.3 Å². The van der Waals surface area contributed by atoms with E-state index in [4.69, 9.17) is 0 Å². The van der Waals surface area contributed by atoms with Gasteiger partial charge in [-0.2, -0.15) is 5.10 Å². The zero-order valence-electron chi connectivity index (χ0n) is 13.3. The highest BCUT2D eigenvalue weighted by molar-refractivity contribution is 5.92. The van der Waals surface area contributed by atoms with Crippen molar-refractivity contribution >= 4 is 11.6 Å². The molecule has 7 nitrogen and oxygen atoms in total. The highest BCUT2D eigenvalue weighted by Gasteiger charge is 2.08. The molecule has 24 heavy (non-hydrogen) atoms. The van der Waals surface area contributed by atoms with Crippen molar-refractivity contribution in [3.8, 4) is 5.82 Å². The lowest BCUT2D eigenvalue weighted by molar-refractivity contribution is -0.117. The van der Waals surface area contributed by atoms with Gasteiger partial charge in [-0.25, -0.2) is 14.6 Å². The van der Waals surface area contributed by atoms with Crippen molar-refractivity contribution in [1.82, 2.24) is 24.6 Å². The first-order valence-corrected chi connectivity index (χ1v) is 7.54. The van der Waals surface area contributed by atoms with Crippen molar-refractivity contribution in [2.75, 3.05) is 18.9 Å². The lowest BCUT2D eigenvalue weighted by Gasteiger charge is -2.16. The molecular weight excluding hydrogens is 304 g/mol. The third-order valence-electron chi connectivity index (χ3n) is 3.39. The second kappa shape index (κ2) is 7.47. The SMILES string of the molecule is CN(CC(=O)Nc1ccc(-n2cncn2)nc1)Cc1ccccc1. The van der Waals surface area contributed by atoms with Crippen molar-refractivity contribution in [1.29, 1.82) is 0 Å². The van der Waals surface area contributed by atoms with Gasteiger partial charge in [-0.1, -0.05) is 30.3 Å². The summed E-state index contributed by atoms with van der Waals surface area (Å²) in [5.74, 6) is 0.565. The Hall–Kier alpha value is -3.06. The Morgan fingerprint density at radius 3 is 2.71 bits per heavy atom. The molecular formula is C17H18N6O. The first-order valence-electron chi connectivity index (χ1n) is 7.54. The molecule has 0 bridgehead atoms. The molecule has 2 aromatic heterocycles. The van der Waals surface area contributed by atoms with Crippen LogP contribution < -0.4 is 5.32 Å². The summed E-state index contributed by atoms with van der Waals surface area (Å²) in [5.41, 5.74) is 1.82. The molecule has 3 aromatic rings. The molecule has 0 fully saturated rings. The Labute approximate surface area is 140 Å². The fourth-order valence-electron chi connectivity index (χ4n) is 2.32. The van der Waals surface area contributed by atoms with Gasteiger partial charge in [0.2, 0.25) is 5.91 Å². The fraction of sp³-hybridized carbons (Fsp3) is 0.176. The smallest absolute Gasteiger partial charge is 0.238 e. The van der Waals surface area contributed by atoms with Crippen molar-refractivity contribution in [2.45, 2.75) is 6.54 Å². The van der Waals surface area contributed by atoms with E-state index in [9.17, 15) is 4.79 Å². The minimum absolute atomic E-state index is 0.0799. The van der Waals surface area contributed by atoms with Gasteiger partial charge in [0.25, 0.3) is 0 Å². The Morgan fingerprint density at radius 1 is 1.21 bits per heavy atom. The molecule has 0 spiro atoms. The maximum Gasteiger partial charge on any atom is 0.238 e. The number of aromatic nitrogens is 4. The van der Waals surface area contributed by atoms with Crippen LogP contribution in [0.3, 0.4) is 0 Å². The van der Waals surface area contributed by atoms with Gasteiger partial charge in [-0.05, 0) is 24.7 Å². The average Bonchev–Trinajstić information content (AvgIpc) is 3.10. The molecule has 0 aliphatic rings. The van der Waals surface area contributed by atoms with Gasteiger partial charge in [-0.3, -0.25) is 9.69 Å². The number of likely N-dealkylation sites (N-methyl/N-ethyl adjacent to an activating group) is 1. The molecule has 3 rings (SSSR count). The number of rotatable bonds is 6. The third kappa shape index (κ3) is 4.23. The molecule has 0 unspecified atom stereocenters. The third-order valence-corrected chi connectivity index (χ3v) is 3.39. The van der Waals surface area contributed by atoms with Crippen LogP contribution in [-0.2, 0) is 11.3 Å². The largest absolute Gasteiger partial charge is 0.324 e. The summed E-state index contributed by atoms with van der Waals surface area (Å²) < 4.78 is 1.55. The summed E-state index contributed by atoms with van der Waals surface area (Å²) in [5, 5.41) is 6.85. The number of amides is 1. The molecule has 0 saturated heterocycles. The molecule has 0 aliphatic heterocycles. The predicted octanol–water partition coefficient (Wildman–Crippen LogP) is 1.73. The number of nitrogens with one attached hydrogen (secondary N) is 1. The Kier molecular flexibility index (Phi) is 4.93. The van der Waals surface area contributed by atoms with Gasteiger partial charge in [0, 0.05) is 6.54 Å². The van der Waals surface area contributed by atoms with Crippen molar-refractivity contribution in [2.24, 2.45) is 0 Å². The topological polar surface area (TPSA) is 75.9 Å². The Bertz CT molecular complexity index is 771. The molecule has 1 N–H and O–H groups in total. The minimum Gasteiger partial charge on any atom is -0.324 e. The first kappa shape index (κ1) is 15.8. The van der Waals surface area contributed by atoms with Crippen LogP contribution in [0.4, 0.5) is 5.69 Å². The van der Waals surface area contributed by atoms with Crippen molar-refractivity contribution in [3.05, 3.63) is 66.9 Å². The average molecular weight is 322 g/mol. The van der Waals surface area contributed by atoms with Gasteiger partial charge in [0.05, 0.1) is 18.4 Å². The van der Waals surface area contributed by atoms with Crippen LogP contribution >= 0.6 is 0 Å². The van der Waals surface area contributed by atoms with Crippen LogP contribution in [0.1, 0.15) is 5.56 Å². The van der Waals surface area contributed by atoms with E-state index in [0.717, 1.165) is 6.54 Å². The van der Waals surface area contributed by atoms with Gasteiger partial charge < -0.3 is 5.32 Å². The molecule has 1 aromatic carbocycles. The number of anilines is 1. The number of nitrogens with zero attached hydrogens (tertiary/aromatic N) is 5. The van der Waals surface area contributed by atoms with Gasteiger partial charge >= 0.3 is 0 Å². The van der Waals surface area contributed by atoms with E-state index in [0.29, 0.717) is 18.1 Å². The zero-order chi connectivity index (χ0) is 16.8. The second-order valence-electron chi connectivity index (χ2n) is 5.45. The second-order valence-corrected chi connectivity index (χ2v) is 5.45. The molecule has 0 saturated carbocycles. The van der Waals surface area contributed by atoms with Crippen LogP contribution in [0.25, 0.3) is 5.82 Å². The van der Waals surface area contributed by atoms with Crippen molar-refractivity contribution < 1.29 is 4.79 Å². The summed E-state index contributed by atoms with van der Waals surface area (Å²) in [4.78, 5) is 22.2. The maximum atomic E-state index is 12.1. The number of hydrogen-bond donors (Lipinski definition) is 1. The summed E-state index contributed by atoms with van der Waals surface area (Å²) in [7, 11) is 1.92. The molecule has 122 valence electrons. The molecule has 2 heterocycles. The lowest BCUT2D eigenvalue weighted by atomic mass is 10.2. The summed E-state index contributed by atoms with van der Waals surface area (Å²) in [6.45, 7) is 1.03. The van der Waals surface area contributed by atoms with Crippen LogP contribution in [0.15, 0.2) is 61.3 Å². The monoisotopic (exact) mass is 322 g/mol. The lowest BCUT2D eigenvalue weighted by Crippen LogP contribution is -2.29. The van der Waals surface area contributed by atoms with E-state index in [1.165, 1.54) is 11.9 Å². The Balaban J connectivity index is 1.53. The number of hydrogen-bond acceptors (Lipinski definition) is 5. The molecule has 0 radical (unpaired) electrons. The van der Waals surface area contributed by atoms with Crippen LogP contribution in [-0.4, -0.2) is 44.1 Å². The van der Waals surface area contributed by atoms with Gasteiger partial charge in [-0.15, -0.1) is 0 Å². The summed E-state index contributed by atoms with van der Waals surface area (Å²) >= 11 is 0. The number of pyridine rings is 1. The van der Waals surface area contributed by atoms with Crippen LogP contribution in [0.2, 0.25) is 0 Å².